The van der Waals surface area contributed by atoms with Gasteiger partial charge in [-0.2, -0.15) is 0 Å². The van der Waals surface area contributed by atoms with E-state index in [0.29, 0.717) is 6.54 Å². The lowest BCUT2D eigenvalue weighted by Crippen LogP contribution is -2.44. The zero-order chi connectivity index (χ0) is 11.6. The Bertz CT molecular complexity index is 349. The minimum atomic E-state index is 0.0367. The number of benzene rings is 1. The lowest BCUT2D eigenvalue weighted by atomic mass is 9.77. The molecule has 0 atom stereocenters. The topological polar surface area (TPSA) is 35.2 Å². The molecule has 88 valence electrons. The molecule has 0 aliphatic heterocycles. The van der Waals surface area contributed by atoms with Crippen LogP contribution in [0.25, 0.3) is 0 Å². The number of nitrogens with two attached hydrogens (primary N) is 1. The SMILES string of the molecule is Cc1cc(C)cc(OC2(CCN)CCC2)c1. The minimum Gasteiger partial charge on any atom is -0.487 e. The van der Waals surface area contributed by atoms with Gasteiger partial charge in [0.15, 0.2) is 0 Å². The van der Waals surface area contributed by atoms with Gasteiger partial charge >= 0.3 is 0 Å². The highest BCUT2D eigenvalue weighted by molar-refractivity contribution is 5.33. The molecule has 1 aliphatic carbocycles. The molecule has 0 aromatic heterocycles. The zero-order valence-electron chi connectivity index (χ0n) is 10.3. The van der Waals surface area contributed by atoms with Crippen LogP contribution in [-0.4, -0.2) is 12.1 Å². The highest BCUT2D eigenvalue weighted by Gasteiger charge is 2.38. The number of aryl methyl sites for hydroxylation is 2. The van der Waals surface area contributed by atoms with Crippen LogP contribution in [0.3, 0.4) is 0 Å². The standard InChI is InChI=1S/C14H21NO/c1-11-8-12(2)10-13(9-11)16-14(6-7-15)4-3-5-14/h8-10H,3-7,15H2,1-2H3. The summed E-state index contributed by atoms with van der Waals surface area (Å²) in [6.07, 6.45) is 4.54. The van der Waals surface area contributed by atoms with Gasteiger partial charge < -0.3 is 10.5 Å². The van der Waals surface area contributed by atoms with Gasteiger partial charge in [-0.25, -0.2) is 0 Å². The van der Waals surface area contributed by atoms with Gasteiger partial charge in [-0.05, 0) is 69.3 Å². The first-order valence-corrected chi connectivity index (χ1v) is 6.11. The number of rotatable bonds is 4. The van der Waals surface area contributed by atoms with Gasteiger partial charge in [0.2, 0.25) is 0 Å². The van der Waals surface area contributed by atoms with Crippen LogP contribution in [0.1, 0.15) is 36.8 Å². The van der Waals surface area contributed by atoms with Gasteiger partial charge in [-0.15, -0.1) is 0 Å². The van der Waals surface area contributed by atoms with Crippen LogP contribution < -0.4 is 10.5 Å². The molecule has 1 fully saturated rings. The molecule has 2 N–H and O–H groups in total. The minimum absolute atomic E-state index is 0.0367. The second-order valence-electron chi connectivity index (χ2n) is 5.00. The second kappa shape index (κ2) is 4.46. The highest BCUT2D eigenvalue weighted by atomic mass is 16.5. The first-order chi connectivity index (χ1) is 7.63. The van der Waals surface area contributed by atoms with E-state index in [4.69, 9.17) is 10.5 Å². The van der Waals surface area contributed by atoms with Gasteiger partial charge in [-0.3, -0.25) is 0 Å². The van der Waals surface area contributed by atoms with Crippen LogP contribution in [0, 0.1) is 13.8 Å². The summed E-state index contributed by atoms with van der Waals surface area (Å²) in [5.41, 5.74) is 8.22. The molecule has 0 unspecified atom stereocenters. The maximum atomic E-state index is 6.16. The van der Waals surface area contributed by atoms with Crippen LogP contribution in [0.4, 0.5) is 0 Å². The summed E-state index contributed by atoms with van der Waals surface area (Å²) in [5, 5.41) is 0. The molecule has 0 spiro atoms. The van der Waals surface area contributed by atoms with Gasteiger partial charge in [0.25, 0.3) is 0 Å². The molecular formula is C14H21NO. The largest absolute Gasteiger partial charge is 0.487 e. The zero-order valence-corrected chi connectivity index (χ0v) is 10.3. The smallest absolute Gasteiger partial charge is 0.120 e. The van der Waals surface area contributed by atoms with Crippen LogP contribution in [-0.2, 0) is 0 Å². The molecule has 2 rings (SSSR count). The van der Waals surface area contributed by atoms with Crippen molar-refractivity contribution in [3.8, 4) is 5.75 Å². The van der Waals surface area contributed by atoms with E-state index in [9.17, 15) is 0 Å². The van der Waals surface area contributed by atoms with Crippen LogP contribution in [0.5, 0.6) is 5.75 Å². The molecule has 1 aliphatic rings. The third kappa shape index (κ3) is 2.38. The van der Waals surface area contributed by atoms with Crippen molar-refractivity contribution < 1.29 is 4.74 Å². The van der Waals surface area contributed by atoms with Gasteiger partial charge in [0.05, 0.1) is 0 Å². The molecule has 1 aromatic rings. The number of ether oxygens (including phenoxy) is 1. The maximum Gasteiger partial charge on any atom is 0.120 e. The molecule has 2 heteroatoms. The normalized spacial score (nSPS) is 17.9. The van der Waals surface area contributed by atoms with Crippen molar-refractivity contribution in [2.45, 2.75) is 45.1 Å². The van der Waals surface area contributed by atoms with E-state index < -0.39 is 0 Å². The van der Waals surface area contributed by atoms with Crippen LogP contribution >= 0.6 is 0 Å². The fourth-order valence-electron chi connectivity index (χ4n) is 2.48. The van der Waals surface area contributed by atoms with E-state index in [0.717, 1.165) is 25.0 Å². The predicted octanol–water partition coefficient (Wildman–Crippen LogP) is 2.95. The van der Waals surface area contributed by atoms with E-state index in [2.05, 4.69) is 32.0 Å². The monoisotopic (exact) mass is 219 g/mol. The Morgan fingerprint density at radius 3 is 2.25 bits per heavy atom. The molecular weight excluding hydrogens is 198 g/mol. The average Bonchev–Trinajstić information content (AvgIpc) is 2.13. The third-order valence-electron chi connectivity index (χ3n) is 3.39. The van der Waals surface area contributed by atoms with Crippen molar-refractivity contribution in [3.63, 3.8) is 0 Å². The summed E-state index contributed by atoms with van der Waals surface area (Å²) in [4.78, 5) is 0. The van der Waals surface area contributed by atoms with Gasteiger partial charge in [-0.1, -0.05) is 6.07 Å². The van der Waals surface area contributed by atoms with Gasteiger partial charge in [0.1, 0.15) is 11.4 Å². The Hall–Kier alpha value is -1.02. The molecule has 2 nitrogen and oxygen atoms in total. The Labute approximate surface area is 97.8 Å². The van der Waals surface area contributed by atoms with Crippen molar-refractivity contribution in [2.75, 3.05) is 6.54 Å². The summed E-state index contributed by atoms with van der Waals surface area (Å²) < 4.78 is 6.16. The van der Waals surface area contributed by atoms with Crippen molar-refractivity contribution in [3.05, 3.63) is 29.3 Å². The van der Waals surface area contributed by atoms with Crippen molar-refractivity contribution in [1.29, 1.82) is 0 Å². The molecule has 0 amide bonds. The van der Waals surface area contributed by atoms with Crippen LogP contribution in [0.2, 0.25) is 0 Å². The number of hydrogen-bond donors (Lipinski definition) is 1. The molecule has 0 radical (unpaired) electrons. The second-order valence-corrected chi connectivity index (χ2v) is 5.00. The summed E-state index contributed by atoms with van der Waals surface area (Å²) >= 11 is 0. The molecule has 1 aromatic carbocycles. The summed E-state index contributed by atoms with van der Waals surface area (Å²) in [5.74, 6) is 1.01. The lowest BCUT2D eigenvalue weighted by Gasteiger charge is -2.42. The first-order valence-electron chi connectivity index (χ1n) is 6.11. The molecule has 0 saturated heterocycles. The Kier molecular flexibility index (Phi) is 3.20. The average molecular weight is 219 g/mol. The van der Waals surface area contributed by atoms with E-state index >= 15 is 0 Å². The van der Waals surface area contributed by atoms with Crippen molar-refractivity contribution in [1.82, 2.24) is 0 Å². The molecule has 0 heterocycles. The Morgan fingerprint density at radius 2 is 1.81 bits per heavy atom. The maximum absolute atomic E-state index is 6.16. The van der Waals surface area contributed by atoms with E-state index in [1.807, 2.05) is 0 Å². The molecule has 1 saturated carbocycles. The highest BCUT2D eigenvalue weighted by Crippen LogP contribution is 2.39. The Morgan fingerprint density at radius 1 is 1.19 bits per heavy atom. The first kappa shape index (κ1) is 11.5. The summed E-state index contributed by atoms with van der Waals surface area (Å²) in [6, 6.07) is 6.40. The Balaban J connectivity index is 2.12. The van der Waals surface area contributed by atoms with Crippen molar-refractivity contribution >= 4 is 0 Å². The summed E-state index contributed by atoms with van der Waals surface area (Å²) in [7, 11) is 0. The van der Waals surface area contributed by atoms with E-state index in [-0.39, 0.29) is 5.60 Å². The third-order valence-corrected chi connectivity index (χ3v) is 3.39. The van der Waals surface area contributed by atoms with E-state index in [1.165, 1.54) is 17.5 Å². The predicted molar refractivity (Wildman–Crippen MR) is 66.8 cm³/mol. The summed E-state index contributed by atoms with van der Waals surface area (Å²) in [6.45, 7) is 4.93. The number of hydrogen-bond acceptors (Lipinski definition) is 2. The quantitative estimate of drug-likeness (QED) is 0.845. The fraction of sp³-hybridized carbons (Fsp3) is 0.571. The molecule has 0 bridgehead atoms. The lowest BCUT2D eigenvalue weighted by molar-refractivity contribution is -0.0125. The fourth-order valence-corrected chi connectivity index (χ4v) is 2.48. The molecule has 16 heavy (non-hydrogen) atoms. The van der Waals surface area contributed by atoms with Crippen LogP contribution in [0.15, 0.2) is 18.2 Å². The van der Waals surface area contributed by atoms with E-state index in [1.54, 1.807) is 0 Å². The van der Waals surface area contributed by atoms with Gasteiger partial charge in [0, 0.05) is 0 Å². The van der Waals surface area contributed by atoms with Crippen molar-refractivity contribution in [2.24, 2.45) is 5.73 Å².